The molecule has 120 valence electrons. The third-order valence-electron chi connectivity index (χ3n) is 3.87. The molecule has 0 aliphatic carbocycles. The topological polar surface area (TPSA) is 38.0 Å². The Morgan fingerprint density at radius 2 is 1.81 bits per heavy atom. The first-order valence-corrected chi connectivity index (χ1v) is 8.45. The molecule has 1 aromatic rings. The van der Waals surface area contributed by atoms with Crippen molar-refractivity contribution in [1.29, 1.82) is 0 Å². The van der Waals surface area contributed by atoms with Crippen molar-refractivity contribution >= 4 is 11.6 Å². The van der Waals surface area contributed by atoms with E-state index in [-0.39, 0.29) is 11.9 Å². The first-order chi connectivity index (χ1) is 10.2. The maximum Gasteiger partial charge on any atom is 0.127 e. The van der Waals surface area contributed by atoms with E-state index in [2.05, 4.69) is 12.3 Å². The smallest absolute Gasteiger partial charge is 0.127 e. The summed E-state index contributed by atoms with van der Waals surface area (Å²) in [5.74, 6) is 5.33. The number of hydrogen-bond acceptors (Lipinski definition) is 2. The number of halogens is 2. The average molecular weight is 315 g/mol. The molecular formula is C17H28ClFN2. The van der Waals surface area contributed by atoms with E-state index in [4.69, 9.17) is 17.4 Å². The molecule has 1 aromatic carbocycles. The lowest BCUT2D eigenvalue weighted by Gasteiger charge is -2.16. The molecular weight excluding hydrogens is 287 g/mol. The predicted octanol–water partition coefficient (Wildman–Crippen LogP) is 4.99. The minimum absolute atomic E-state index is 0.122. The zero-order valence-electron chi connectivity index (χ0n) is 13.0. The van der Waals surface area contributed by atoms with Crippen molar-refractivity contribution in [3.8, 4) is 0 Å². The molecule has 3 N–H and O–H groups in total. The summed E-state index contributed by atoms with van der Waals surface area (Å²) in [7, 11) is 0. The molecule has 2 nitrogen and oxygen atoms in total. The van der Waals surface area contributed by atoms with Gasteiger partial charge in [-0.3, -0.25) is 11.3 Å². The van der Waals surface area contributed by atoms with Crippen LogP contribution in [0.15, 0.2) is 18.2 Å². The van der Waals surface area contributed by atoms with Crippen molar-refractivity contribution < 1.29 is 4.39 Å². The fraction of sp³-hybridized carbons (Fsp3) is 0.647. The van der Waals surface area contributed by atoms with E-state index in [1.165, 1.54) is 44.6 Å². The van der Waals surface area contributed by atoms with Gasteiger partial charge in [0.05, 0.1) is 0 Å². The van der Waals surface area contributed by atoms with Crippen LogP contribution < -0.4 is 11.3 Å². The molecule has 0 fully saturated rings. The fourth-order valence-corrected chi connectivity index (χ4v) is 2.70. The van der Waals surface area contributed by atoms with Crippen LogP contribution in [0.1, 0.15) is 63.9 Å². The molecule has 21 heavy (non-hydrogen) atoms. The summed E-state index contributed by atoms with van der Waals surface area (Å²) in [6, 6.07) is 4.95. The Hall–Kier alpha value is -0.640. The van der Waals surface area contributed by atoms with Gasteiger partial charge in [-0.15, -0.1) is 0 Å². The van der Waals surface area contributed by atoms with Gasteiger partial charge in [-0.25, -0.2) is 4.39 Å². The molecule has 0 spiro atoms. The van der Waals surface area contributed by atoms with E-state index in [0.29, 0.717) is 17.0 Å². The van der Waals surface area contributed by atoms with Crippen LogP contribution in [0.25, 0.3) is 0 Å². The van der Waals surface area contributed by atoms with Crippen molar-refractivity contribution in [3.05, 3.63) is 34.6 Å². The predicted molar refractivity (Wildman–Crippen MR) is 88.8 cm³/mol. The first kappa shape index (κ1) is 18.4. The van der Waals surface area contributed by atoms with Gasteiger partial charge in [0.15, 0.2) is 0 Å². The van der Waals surface area contributed by atoms with E-state index >= 15 is 0 Å². The molecule has 0 radical (unpaired) electrons. The second kappa shape index (κ2) is 11.0. The van der Waals surface area contributed by atoms with E-state index in [1.807, 2.05) is 0 Å². The van der Waals surface area contributed by atoms with Crippen LogP contribution in [0.4, 0.5) is 4.39 Å². The molecule has 0 heterocycles. The number of hydrazine groups is 1. The van der Waals surface area contributed by atoms with Crippen molar-refractivity contribution in [1.82, 2.24) is 5.43 Å². The summed E-state index contributed by atoms with van der Waals surface area (Å²) in [4.78, 5) is 0. The van der Waals surface area contributed by atoms with Crippen molar-refractivity contribution in [3.63, 3.8) is 0 Å². The highest BCUT2D eigenvalue weighted by Gasteiger charge is 2.11. The molecule has 0 amide bonds. The summed E-state index contributed by atoms with van der Waals surface area (Å²) >= 11 is 5.76. The minimum atomic E-state index is -0.248. The maximum atomic E-state index is 13.8. The number of benzene rings is 1. The van der Waals surface area contributed by atoms with E-state index in [0.717, 1.165) is 12.8 Å². The second-order valence-electron chi connectivity index (χ2n) is 5.71. The van der Waals surface area contributed by atoms with Gasteiger partial charge in [0, 0.05) is 11.1 Å². The van der Waals surface area contributed by atoms with E-state index in [9.17, 15) is 4.39 Å². The number of hydrogen-bond donors (Lipinski definition) is 2. The van der Waals surface area contributed by atoms with Crippen LogP contribution in [0, 0.1) is 5.82 Å². The van der Waals surface area contributed by atoms with Crippen LogP contribution in [0.2, 0.25) is 5.02 Å². The SMILES string of the molecule is CCCCCCCCCC(Cc1ccc(Cl)cc1F)NN. The monoisotopic (exact) mass is 314 g/mol. The molecule has 1 unspecified atom stereocenters. The molecule has 4 heteroatoms. The molecule has 0 aliphatic heterocycles. The number of nitrogens with one attached hydrogen (secondary N) is 1. The largest absolute Gasteiger partial charge is 0.271 e. The Morgan fingerprint density at radius 3 is 2.43 bits per heavy atom. The highest BCUT2D eigenvalue weighted by Crippen LogP contribution is 2.18. The third kappa shape index (κ3) is 7.79. The Labute approximate surface area is 133 Å². The Balaban J connectivity index is 2.25. The fourth-order valence-electron chi connectivity index (χ4n) is 2.54. The van der Waals surface area contributed by atoms with Crippen molar-refractivity contribution in [2.75, 3.05) is 0 Å². The molecule has 0 saturated heterocycles. The Kier molecular flexibility index (Phi) is 9.64. The number of nitrogens with two attached hydrogens (primary N) is 1. The summed E-state index contributed by atoms with van der Waals surface area (Å²) in [6.45, 7) is 2.23. The van der Waals surface area contributed by atoms with Crippen LogP contribution in [0.5, 0.6) is 0 Å². The van der Waals surface area contributed by atoms with Gasteiger partial charge >= 0.3 is 0 Å². The highest BCUT2D eigenvalue weighted by atomic mass is 35.5. The summed E-state index contributed by atoms with van der Waals surface area (Å²) in [6.07, 6.45) is 10.5. The highest BCUT2D eigenvalue weighted by molar-refractivity contribution is 6.30. The summed E-state index contributed by atoms with van der Waals surface area (Å²) in [5, 5.41) is 0.431. The van der Waals surface area contributed by atoms with Crippen LogP contribution in [-0.2, 0) is 6.42 Å². The molecule has 0 saturated carbocycles. The number of rotatable bonds is 11. The Morgan fingerprint density at radius 1 is 1.14 bits per heavy atom. The zero-order chi connectivity index (χ0) is 15.5. The zero-order valence-corrected chi connectivity index (χ0v) is 13.8. The van der Waals surface area contributed by atoms with Gasteiger partial charge in [-0.1, -0.05) is 69.5 Å². The van der Waals surface area contributed by atoms with Gasteiger partial charge in [0.25, 0.3) is 0 Å². The molecule has 0 aliphatic rings. The van der Waals surface area contributed by atoms with Crippen molar-refractivity contribution in [2.45, 2.75) is 70.8 Å². The summed E-state index contributed by atoms with van der Waals surface area (Å²) < 4.78 is 13.8. The summed E-state index contributed by atoms with van der Waals surface area (Å²) in [5.41, 5.74) is 3.48. The van der Waals surface area contributed by atoms with E-state index in [1.54, 1.807) is 12.1 Å². The lowest BCUT2D eigenvalue weighted by Crippen LogP contribution is -2.36. The molecule has 1 rings (SSSR count). The third-order valence-corrected chi connectivity index (χ3v) is 4.11. The van der Waals surface area contributed by atoms with Crippen LogP contribution >= 0.6 is 11.6 Å². The van der Waals surface area contributed by atoms with Gasteiger partial charge < -0.3 is 0 Å². The average Bonchev–Trinajstić information content (AvgIpc) is 2.47. The lowest BCUT2D eigenvalue weighted by atomic mass is 9.99. The van der Waals surface area contributed by atoms with Gasteiger partial charge in [0.1, 0.15) is 5.82 Å². The number of unbranched alkanes of at least 4 members (excludes halogenated alkanes) is 6. The Bertz CT molecular complexity index is 398. The van der Waals surface area contributed by atoms with Crippen LogP contribution in [0.3, 0.4) is 0 Å². The van der Waals surface area contributed by atoms with Crippen molar-refractivity contribution in [2.24, 2.45) is 5.84 Å². The first-order valence-electron chi connectivity index (χ1n) is 8.07. The molecule has 0 aromatic heterocycles. The van der Waals surface area contributed by atoms with Gasteiger partial charge in [-0.2, -0.15) is 0 Å². The quantitative estimate of drug-likeness (QED) is 0.343. The molecule has 1 atom stereocenters. The minimum Gasteiger partial charge on any atom is -0.271 e. The van der Waals surface area contributed by atoms with E-state index < -0.39 is 0 Å². The standard InChI is InChI=1S/C17H28ClFN2/c1-2-3-4-5-6-7-8-9-16(21-20)12-14-10-11-15(18)13-17(14)19/h10-11,13,16,21H,2-9,12,20H2,1H3. The lowest BCUT2D eigenvalue weighted by molar-refractivity contribution is 0.451. The van der Waals surface area contributed by atoms with Gasteiger partial charge in [0.2, 0.25) is 0 Å². The molecule has 0 bridgehead atoms. The normalized spacial score (nSPS) is 12.6. The van der Waals surface area contributed by atoms with Gasteiger partial charge in [-0.05, 0) is 30.5 Å². The van der Waals surface area contributed by atoms with Crippen LogP contribution in [-0.4, -0.2) is 6.04 Å². The second-order valence-corrected chi connectivity index (χ2v) is 6.15. The maximum absolute atomic E-state index is 13.8.